The largest absolute Gasteiger partial charge is 0.417 e. The molecule has 1 aliphatic rings. The van der Waals surface area contributed by atoms with Gasteiger partial charge in [-0.25, -0.2) is 14.8 Å². The first-order valence-corrected chi connectivity index (χ1v) is 9.65. The van der Waals surface area contributed by atoms with Gasteiger partial charge < -0.3 is 20.6 Å². The minimum Gasteiger partial charge on any atom is -0.394 e. The van der Waals surface area contributed by atoms with Gasteiger partial charge in [-0.15, -0.1) is 0 Å². The Labute approximate surface area is 176 Å². The van der Waals surface area contributed by atoms with Crippen molar-refractivity contribution in [1.29, 1.82) is 0 Å². The molecule has 2 aromatic rings. The van der Waals surface area contributed by atoms with Crippen LogP contribution in [0.2, 0.25) is 5.02 Å². The lowest BCUT2D eigenvalue weighted by molar-refractivity contribution is -0.137. The number of rotatable bonds is 5. The van der Waals surface area contributed by atoms with Crippen molar-refractivity contribution < 1.29 is 23.1 Å². The zero-order chi connectivity index (χ0) is 21.9. The third-order valence-electron chi connectivity index (χ3n) is 4.66. The predicted octanol–water partition coefficient (Wildman–Crippen LogP) is 3.21. The number of halogens is 4. The van der Waals surface area contributed by atoms with Crippen molar-refractivity contribution in [2.75, 3.05) is 18.5 Å². The SMILES string of the molecule is C[C@@H](CO)Nc1ncc2c(n1)CN(C(=O)NCc1ccc(Cl)c(C(F)(F)F)c1)CC2. The van der Waals surface area contributed by atoms with E-state index >= 15 is 0 Å². The smallest absolute Gasteiger partial charge is 0.394 e. The molecule has 1 aromatic carbocycles. The third-order valence-corrected chi connectivity index (χ3v) is 4.99. The Balaban J connectivity index is 1.63. The highest BCUT2D eigenvalue weighted by atomic mass is 35.5. The van der Waals surface area contributed by atoms with Crippen molar-refractivity contribution in [2.24, 2.45) is 0 Å². The van der Waals surface area contributed by atoms with Crippen LogP contribution < -0.4 is 10.6 Å². The fourth-order valence-electron chi connectivity index (χ4n) is 3.00. The van der Waals surface area contributed by atoms with E-state index in [0.29, 0.717) is 30.2 Å². The van der Waals surface area contributed by atoms with Crippen LogP contribution in [0.1, 0.15) is 29.3 Å². The third kappa shape index (κ3) is 5.31. The molecule has 30 heavy (non-hydrogen) atoms. The van der Waals surface area contributed by atoms with Crippen LogP contribution in [0.5, 0.6) is 0 Å². The molecular formula is C19H21ClF3N5O2. The molecule has 0 unspecified atom stereocenters. The average molecular weight is 444 g/mol. The van der Waals surface area contributed by atoms with E-state index in [1.165, 1.54) is 17.0 Å². The van der Waals surface area contributed by atoms with Gasteiger partial charge in [0.15, 0.2) is 0 Å². The summed E-state index contributed by atoms with van der Waals surface area (Å²) in [6.45, 7) is 2.34. The van der Waals surface area contributed by atoms with Crippen molar-refractivity contribution in [3.05, 3.63) is 51.8 Å². The lowest BCUT2D eigenvalue weighted by atomic mass is 10.1. The molecule has 0 saturated carbocycles. The van der Waals surface area contributed by atoms with E-state index in [9.17, 15) is 18.0 Å². The summed E-state index contributed by atoms with van der Waals surface area (Å²) in [6, 6.07) is 2.92. The van der Waals surface area contributed by atoms with Gasteiger partial charge in [0.05, 0.1) is 29.4 Å². The molecule has 3 N–H and O–H groups in total. The molecule has 1 aliphatic heterocycles. The summed E-state index contributed by atoms with van der Waals surface area (Å²) in [5.41, 5.74) is 0.972. The highest BCUT2D eigenvalue weighted by molar-refractivity contribution is 6.31. The lowest BCUT2D eigenvalue weighted by Gasteiger charge is -2.28. The standard InChI is InChI=1S/C19H21ClF3N5O2/c1-11(10-29)26-17-24-8-13-4-5-28(9-16(13)27-17)18(30)25-7-12-2-3-15(20)14(6-12)19(21,22)23/h2-3,6,8,11,29H,4-5,7,9-10H2,1H3,(H,25,30)(H,24,26,27)/t11-/m0/s1. The zero-order valence-electron chi connectivity index (χ0n) is 16.1. The molecule has 1 atom stereocenters. The number of carbonyl (C=O) groups excluding carboxylic acids is 1. The van der Waals surface area contributed by atoms with Gasteiger partial charge in [0.25, 0.3) is 0 Å². The Hall–Kier alpha value is -2.59. The van der Waals surface area contributed by atoms with E-state index in [2.05, 4.69) is 20.6 Å². The van der Waals surface area contributed by atoms with Gasteiger partial charge in [0, 0.05) is 25.3 Å². The molecule has 1 aromatic heterocycles. The van der Waals surface area contributed by atoms with Crippen LogP contribution in [-0.4, -0.2) is 45.2 Å². The number of hydrogen-bond acceptors (Lipinski definition) is 5. The van der Waals surface area contributed by atoms with Crippen LogP contribution in [0.3, 0.4) is 0 Å². The van der Waals surface area contributed by atoms with Gasteiger partial charge in [-0.1, -0.05) is 17.7 Å². The Morgan fingerprint density at radius 1 is 1.40 bits per heavy atom. The number of aromatic nitrogens is 2. The van der Waals surface area contributed by atoms with Crippen LogP contribution >= 0.6 is 11.6 Å². The molecule has 0 fully saturated rings. The first kappa shape index (κ1) is 22.1. The van der Waals surface area contributed by atoms with Gasteiger partial charge in [-0.05, 0) is 36.6 Å². The number of nitrogens with one attached hydrogen (secondary N) is 2. The van der Waals surface area contributed by atoms with Gasteiger partial charge >= 0.3 is 12.2 Å². The fraction of sp³-hybridized carbons (Fsp3) is 0.421. The lowest BCUT2D eigenvalue weighted by Crippen LogP contribution is -2.43. The fourth-order valence-corrected chi connectivity index (χ4v) is 3.23. The normalized spacial score (nSPS) is 14.8. The number of aliphatic hydroxyl groups is 1. The molecule has 11 heteroatoms. The molecule has 0 aliphatic carbocycles. The van der Waals surface area contributed by atoms with Crippen LogP contribution in [0.25, 0.3) is 0 Å². The number of amides is 2. The molecule has 2 amide bonds. The average Bonchev–Trinajstić information content (AvgIpc) is 2.71. The van der Waals surface area contributed by atoms with E-state index in [0.717, 1.165) is 11.6 Å². The summed E-state index contributed by atoms with van der Waals surface area (Å²) >= 11 is 5.62. The first-order chi connectivity index (χ1) is 14.2. The second kappa shape index (κ2) is 9.05. The van der Waals surface area contributed by atoms with E-state index in [-0.39, 0.29) is 30.8 Å². The second-order valence-corrected chi connectivity index (χ2v) is 7.44. The van der Waals surface area contributed by atoms with Gasteiger partial charge in [-0.3, -0.25) is 0 Å². The Morgan fingerprint density at radius 2 is 2.17 bits per heavy atom. The number of carbonyl (C=O) groups is 1. The number of aliphatic hydroxyl groups excluding tert-OH is 1. The highest BCUT2D eigenvalue weighted by Gasteiger charge is 2.33. The molecule has 0 saturated heterocycles. The van der Waals surface area contributed by atoms with Crippen molar-refractivity contribution in [2.45, 2.75) is 38.7 Å². The van der Waals surface area contributed by atoms with Gasteiger partial charge in [0.2, 0.25) is 5.95 Å². The molecule has 0 radical (unpaired) electrons. The summed E-state index contributed by atoms with van der Waals surface area (Å²) in [5, 5.41) is 14.3. The van der Waals surface area contributed by atoms with Crippen LogP contribution in [0, 0.1) is 0 Å². The number of urea groups is 1. The number of fused-ring (bicyclic) bond motifs is 1. The second-order valence-electron chi connectivity index (χ2n) is 7.04. The first-order valence-electron chi connectivity index (χ1n) is 9.28. The van der Waals surface area contributed by atoms with E-state index in [4.69, 9.17) is 16.7 Å². The maximum atomic E-state index is 13.0. The molecule has 7 nitrogen and oxygen atoms in total. The number of hydrogen-bond donors (Lipinski definition) is 3. The summed E-state index contributed by atoms with van der Waals surface area (Å²) in [6.07, 6.45) is -2.30. The molecular weight excluding hydrogens is 423 g/mol. The van der Waals surface area contributed by atoms with E-state index in [1.54, 1.807) is 13.1 Å². The number of alkyl halides is 3. The van der Waals surface area contributed by atoms with E-state index in [1.807, 2.05) is 0 Å². The van der Waals surface area contributed by atoms with Gasteiger partial charge in [0.1, 0.15) is 0 Å². The topological polar surface area (TPSA) is 90.4 Å². The summed E-state index contributed by atoms with van der Waals surface area (Å²) in [7, 11) is 0. The zero-order valence-corrected chi connectivity index (χ0v) is 16.9. The van der Waals surface area contributed by atoms with Crippen LogP contribution in [0.15, 0.2) is 24.4 Å². The van der Waals surface area contributed by atoms with Crippen molar-refractivity contribution in [3.8, 4) is 0 Å². The quantitative estimate of drug-likeness (QED) is 0.660. The Bertz CT molecular complexity index is 926. The summed E-state index contributed by atoms with van der Waals surface area (Å²) in [5.74, 6) is 0.360. The van der Waals surface area contributed by atoms with Gasteiger partial charge in [-0.2, -0.15) is 13.2 Å². The minimum absolute atomic E-state index is 0.0625. The van der Waals surface area contributed by atoms with Crippen molar-refractivity contribution in [1.82, 2.24) is 20.2 Å². The molecule has 0 bridgehead atoms. The highest BCUT2D eigenvalue weighted by Crippen LogP contribution is 2.35. The Morgan fingerprint density at radius 3 is 2.87 bits per heavy atom. The van der Waals surface area contributed by atoms with Crippen molar-refractivity contribution >= 4 is 23.6 Å². The molecule has 162 valence electrons. The number of nitrogens with zero attached hydrogens (tertiary/aromatic N) is 3. The molecule has 3 rings (SSSR count). The van der Waals surface area contributed by atoms with Crippen LogP contribution in [-0.2, 0) is 25.7 Å². The summed E-state index contributed by atoms with van der Waals surface area (Å²) in [4.78, 5) is 22.7. The van der Waals surface area contributed by atoms with E-state index < -0.39 is 17.8 Å². The predicted molar refractivity (Wildman–Crippen MR) is 105 cm³/mol. The summed E-state index contributed by atoms with van der Waals surface area (Å²) < 4.78 is 38.9. The maximum Gasteiger partial charge on any atom is 0.417 e. The molecule has 0 spiro atoms. The monoisotopic (exact) mass is 443 g/mol. The van der Waals surface area contributed by atoms with Crippen molar-refractivity contribution in [3.63, 3.8) is 0 Å². The minimum atomic E-state index is -4.56. The molecule has 2 heterocycles. The number of benzene rings is 1. The number of anilines is 1. The maximum absolute atomic E-state index is 13.0. The Kier molecular flexibility index (Phi) is 6.67. The van der Waals surface area contributed by atoms with Crippen LogP contribution in [0.4, 0.5) is 23.9 Å².